The van der Waals surface area contributed by atoms with Crippen LogP contribution in [-0.4, -0.2) is 29.2 Å². The highest BCUT2D eigenvalue weighted by Gasteiger charge is 2.29. The molecule has 3 aromatic rings. The smallest absolute Gasteiger partial charge is 0.414 e. The van der Waals surface area contributed by atoms with Gasteiger partial charge in [0.05, 0.1) is 23.4 Å². The van der Waals surface area contributed by atoms with Gasteiger partial charge in [0, 0.05) is 22.8 Å². The van der Waals surface area contributed by atoms with Gasteiger partial charge in [-0.1, -0.05) is 37.6 Å². The molecular formula is C20H21N3O2. The van der Waals surface area contributed by atoms with Crippen LogP contribution in [0.5, 0.6) is 0 Å². The first-order chi connectivity index (χ1) is 12.3. The molecule has 0 saturated carbocycles. The second-order valence-corrected chi connectivity index (χ2v) is 6.26. The van der Waals surface area contributed by atoms with Crippen LogP contribution in [0.1, 0.15) is 25.5 Å². The fraction of sp³-hybridized carbons (Fsp3) is 0.300. The number of anilines is 1. The van der Waals surface area contributed by atoms with E-state index in [9.17, 15) is 4.79 Å². The predicted molar refractivity (Wildman–Crippen MR) is 98.8 cm³/mol. The van der Waals surface area contributed by atoms with E-state index in [2.05, 4.69) is 29.0 Å². The lowest BCUT2D eigenvalue weighted by Crippen LogP contribution is -2.24. The molecule has 1 N–H and O–H groups in total. The molecule has 3 heterocycles. The zero-order valence-electron chi connectivity index (χ0n) is 14.3. The minimum absolute atomic E-state index is 0.262. The molecule has 1 fully saturated rings. The van der Waals surface area contributed by atoms with E-state index in [0.29, 0.717) is 13.2 Å². The fourth-order valence-corrected chi connectivity index (χ4v) is 3.43. The molecule has 0 aliphatic carbocycles. The van der Waals surface area contributed by atoms with Crippen molar-refractivity contribution in [2.75, 3.05) is 18.1 Å². The maximum atomic E-state index is 12.2. The zero-order chi connectivity index (χ0) is 17.2. The summed E-state index contributed by atoms with van der Waals surface area (Å²) >= 11 is 0. The second kappa shape index (κ2) is 6.59. The third-order valence-corrected chi connectivity index (χ3v) is 4.63. The number of carbonyl (C=O) groups excluding carboxylic acids is 1. The maximum Gasteiger partial charge on any atom is 0.414 e. The van der Waals surface area contributed by atoms with E-state index in [-0.39, 0.29) is 6.09 Å². The highest BCUT2D eigenvalue weighted by Crippen LogP contribution is 2.37. The largest absolute Gasteiger partial charge is 0.447 e. The van der Waals surface area contributed by atoms with E-state index < -0.39 is 0 Å². The lowest BCUT2D eigenvalue weighted by atomic mass is 10.1. The number of rotatable bonds is 5. The Hall–Kier alpha value is -2.82. The number of carbonyl (C=O) groups is 1. The molecule has 1 amide bonds. The number of benzene rings is 1. The second-order valence-electron chi connectivity index (χ2n) is 6.26. The third kappa shape index (κ3) is 2.76. The van der Waals surface area contributed by atoms with Crippen LogP contribution in [0.15, 0.2) is 42.6 Å². The molecule has 0 atom stereocenters. The van der Waals surface area contributed by atoms with Gasteiger partial charge >= 0.3 is 6.09 Å². The Morgan fingerprint density at radius 1 is 1.24 bits per heavy atom. The van der Waals surface area contributed by atoms with Crippen LogP contribution in [0.25, 0.3) is 22.2 Å². The predicted octanol–water partition coefficient (Wildman–Crippen LogP) is 4.53. The molecule has 1 aromatic carbocycles. The van der Waals surface area contributed by atoms with Gasteiger partial charge in [-0.2, -0.15) is 0 Å². The first-order valence-electron chi connectivity index (χ1n) is 8.79. The summed E-state index contributed by atoms with van der Waals surface area (Å²) in [4.78, 5) is 22.0. The van der Waals surface area contributed by atoms with Gasteiger partial charge in [0.25, 0.3) is 0 Å². The molecule has 0 radical (unpaired) electrons. The van der Waals surface area contributed by atoms with Crippen molar-refractivity contribution in [3.63, 3.8) is 0 Å². The van der Waals surface area contributed by atoms with Crippen LogP contribution in [0.4, 0.5) is 10.5 Å². The maximum absolute atomic E-state index is 12.2. The van der Waals surface area contributed by atoms with Crippen molar-refractivity contribution >= 4 is 22.7 Å². The molecule has 0 spiro atoms. The Labute approximate surface area is 146 Å². The van der Waals surface area contributed by atoms with Crippen LogP contribution < -0.4 is 4.90 Å². The highest BCUT2D eigenvalue weighted by atomic mass is 16.6. The van der Waals surface area contributed by atoms with Crippen LogP contribution >= 0.6 is 0 Å². The average Bonchev–Trinajstić information content (AvgIpc) is 3.23. The summed E-state index contributed by atoms with van der Waals surface area (Å²) in [5, 5.41) is 1.05. The third-order valence-electron chi connectivity index (χ3n) is 4.63. The van der Waals surface area contributed by atoms with Crippen LogP contribution in [-0.2, 0) is 11.2 Å². The van der Waals surface area contributed by atoms with Gasteiger partial charge in [0.15, 0.2) is 0 Å². The normalized spacial score (nSPS) is 14.3. The Bertz CT molecular complexity index is 902. The molecule has 4 rings (SSSR count). The Balaban J connectivity index is 1.91. The van der Waals surface area contributed by atoms with Crippen LogP contribution in [0.2, 0.25) is 0 Å². The molecule has 2 aromatic heterocycles. The Morgan fingerprint density at radius 3 is 2.88 bits per heavy atom. The number of nitrogens with one attached hydrogen (secondary N) is 1. The zero-order valence-corrected chi connectivity index (χ0v) is 14.3. The molecule has 5 heteroatoms. The van der Waals surface area contributed by atoms with Gasteiger partial charge in [-0.15, -0.1) is 0 Å². The van der Waals surface area contributed by atoms with E-state index >= 15 is 0 Å². The number of unbranched alkanes of at least 4 members (excludes halogenated alkanes) is 1. The number of pyridine rings is 1. The summed E-state index contributed by atoms with van der Waals surface area (Å²) in [6.45, 7) is 3.21. The number of ether oxygens (including phenoxy) is 1. The van der Waals surface area contributed by atoms with E-state index in [4.69, 9.17) is 4.74 Å². The summed E-state index contributed by atoms with van der Waals surface area (Å²) < 4.78 is 5.17. The van der Waals surface area contributed by atoms with E-state index in [0.717, 1.165) is 52.8 Å². The summed E-state index contributed by atoms with van der Waals surface area (Å²) in [5.74, 6) is 0. The van der Waals surface area contributed by atoms with Gasteiger partial charge in [0.2, 0.25) is 0 Å². The molecule has 25 heavy (non-hydrogen) atoms. The number of aromatic amines is 1. The number of aromatic nitrogens is 2. The SMILES string of the molecule is CCCCc1[nH]c2c(-c3ccccn3)cccc2c1N1CCOC1=O. The lowest BCUT2D eigenvalue weighted by Gasteiger charge is -2.14. The summed E-state index contributed by atoms with van der Waals surface area (Å²) in [6.07, 6.45) is 4.62. The standard InChI is InChI=1S/C20H21N3O2/c1-2-3-9-17-19(23-12-13-25-20(23)24)15-8-6-7-14(18(15)22-17)16-10-4-5-11-21-16/h4-8,10-11,22H,2-3,9,12-13H2,1H3. The first kappa shape index (κ1) is 15.7. The Kier molecular flexibility index (Phi) is 4.14. The minimum Gasteiger partial charge on any atom is -0.447 e. The van der Waals surface area contributed by atoms with Crippen LogP contribution in [0.3, 0.4) is 0 Å². The highest BCUT2D eigenvalue weighted by molar-refractivity contribution is 6.07. The molecule has 1 saturated heterocycles. The topological polar surface area (TPSA) is 58.2 Å². The van der Waals surface area contributed by atoms with Crippen molar-refractivity contribution in [3.8, 4) is 11.3 Å². The van der Waals surface area contributed by atoms with Crippen molar-refractivity contribution in [2.45, 2.75) is 26.2 Å². The minimum atomic E-state index is -0.262. The van der Waals surface area contributed by atoms with E-state index in [1.165, 1.54) is 0 Å². The average molecular weight is 335 g/mol. The number of hydrogen-bond donors (Lipinski definition) is 1. The summed E-state index contributed by atoms with van der Waals surface area (Å²) in [7, 11) is 0. The molecule has 1 aliphatic heterocycles. The number of cyclic esters (lactones) is 1. The van der Waals surface area contributed by atoms with Gasteiger partial charge in [0.1, 0.15) is 6.61 Å². The molecule has 5 nitrogen and oxygen atoms in total. The lowest BCUT2D eigenvalue weighted by molar-refractivity contribution is 0.181. The van der Waals surface area contributed by atoms with E-state index in [1.54, 1.807) is 11.1 Å². The number of para-hydroxylation sites is 1. The first-order valence-corrected chi connectivity index (χ1v) is 8.79. The monoisotopic (exact) mass is 335 g/mol. The number of fused-ring (bicyclic) bond motifs is 1. The van der Waals surface area contributed by atoms with Crippen molar-refractivity contribution in [3.05, 3.63) is 48.3 Å². The molecule has 0 bridgehead atoms. The summed E-state index contributed by atoms with van der Waals surface area (Å²) in [5.41, 5.74) is 5.06. The molecule has 128 valence electrons. The summed E-state index contributed by atoms with van der Waals surface area (Å²) in [6, 6.07) is 12.1. The quantitative estimate of drug-likeness (QED) is 0.745. The fourth-order valence-electron chi connectivity index (χ4n) is 3.43. The van der Waals surface area contributed by atoms with Crippen LogP contribution in [0, 0.1) is 0 Å². The van der Waals surface area contributed by atoms with Gasteiger partial charge < -0.3 is 9.72 Å². The van der Waals surface area contributed by atoms with Crippen molar-refractivity contribution in [1.29, 1.82) is 0 Å². The number of amides is 1. The number of aryl methyl sites for hydroxylation is 1. The number of hydrogen-bond acceptors (Lipinski definition) is 3. The van der Waals surface area contributed by atoms with Gasteiger partial charge in [-0.3, -0.25) is 9.88 Å². The van der Waals surface area contributed by atoms with Crippen molar-refractivity contribution in [2.24, 2.45) is 0 Å². The number of H-pyrrole nitrogens is 1. The van der Waals surface area contributed by atoms with Crippen molar-refractivity contribution < 1.29 is 9.53 Å². The molecule has 1 aliphatic rings. The van der Waals surface area contributed by atoms with Gasteiger partial charge in [-0.25, -0.2) is 4.79 Å². The van der Waals surface area contributed by atoms with Gasteiger partial charge in [-0.05, 0) is 25.0 Å². The Morgan fingerprint density at radius 2 is 2.16 bits per heavy atom. The molecule has 0 unspecified atom stereocenters. The number of nitrogens with zero attached hydrogens (tertiary/aromatic N) is 2. The molecular weight excluding hydrogens is 314 g/mol. The van der Waals surface area contributed by atoms with Crippen molar-refractivity contribution in [1.82, 2.24) is 9.97 Å². The van der Waals surface area contributed by atoms with E-state index in [1.807, 2.05) is 24.3 Å².